The SMILES string of the molecule is N#Cc1cccc2c1oc1c(N)cccc12. The highest BCUT2D eigenvalue weighted by Crippen LogP contribution is 2.33. The van der Waals surface area contributed by atoms with Crippen LogP contribution in [0.5, 0.6) is 0 Å². The summed E-state index contributed by atoms with van der Waals surface area (Å²) in [5.74, 6) is 0. The minimum Gasteiger partial charge on any atom is -0.452 e. The molecular weight excluding hydrogens is 200 g/mol. The molecule has 0 radical (unpaired) electrons. The van der Waals surface area contributed by atoms with E-state index in [1.807, 2.05) is 24.3 Å². The molecule has 0 spiro atoms. The smallest absolute Gasteiger partial charge is 0.158 e. The molecule has 0 aliphatic carbocycles. The van der Waals surface area contributed by atoms with E-state index in [1.54, 1.807) is 12.1 Å². The number of nitrogens with two attached hydrogens (primary N) is 1. The van der Waals surface area contributed by atoms with E-state index in [-0.39, 0.29) is 0 Å². The number of hydrogen-bond donors (Lipinski definition) is 1. The minimum atomic E-state index is 0.535. The maximum Gasteiger partial charge on any atom is 0.158 e. The van der Waals surface area contributed by atoms with Gasteiger partial charge in [0.2, 0.25) is 0 Å². The number of nitriles is 1. The van der Waals surface area contributed by atoms with Gasteiger partial charge in [-0.1, -0.05) is 24.3 Å². The Hall–Kier alpha value is -2.47. The van der Waals surface area contributed by atoms with Crippen molar-refractivity contribution >= 4 is 27.6 Å². The van der Waals surface area contributed by atoms with Crippen molar-refractivity contribution in [2.45, 2.75) is 0 Å². The molecule has 2 aromatic carbocycles. The third kappa shape index (κ3) is 1.01. The van der Waals surface area contributed by atoms with Crippen molar-refractivity contribution in [3.05, 3.63) is 42.0 Å². The van der Waals surface area contributed by atoms with Crippen molar-refractivity contribution in [1.82, 2.24) is 0 Å². The molecule has 0 aliphatic heterocycles. The number of nitrogen functional groups attached to an aromatic ring is 1. The zero-order valence-corrected chi connectivity index (χ0v) is 8.40. The maximum absolute atomic E-state index is 8.99. The van der Waals surface area contributed by atoms with Crippen LogP contribution in [-0.2, 0) is 0 Å². The van der Waals surface area contributed by atoms with Gasteiger partial charge in [-0.15, -0.1) is 0 Å². The fourth-order valence-electron chi connectivity index (χ4n) is 1.93. The predicted octanol–water partition coefficient (Wildman–Crippen LogP) is 3.04. The van der Waals surface area contributed by atoms with E-state index in [0.29, 0.717) is 22.4 Å². The van der Waals surface area contributed by atoms with Crippen molar-refractivity contribution in [3.8, 4) is 6.07 Å². The average Bonchev–Trinajstić information content (AvgIpc) is 2.69. The third-order valence-corrected chi connectivity index (χ3v) is 2.68. The van der Waals surface area contributed by atoms with Crippen molar-refractivity contribution in [3.63, 3.8) is 0 Å². The van der Waals surface area contributed by atoms with Crippen molar-refractivity contribution < 1.29 is 4.42 Å². The lowest BCUT2D eigenvalue weighted by Crippen LogP contribution is -1.82. The van der Waals surface area contributed by atoms with Crippen LogP contribution < -0.4 is 5.73 Å². The highest BCUT2D eigenvalue weighted by atomic mass is 16.3. The summed E-state index contributed by atoms with van der Waals surface area (Å²) in [5, 5.41) is 10.9. The highest BCUT2D eigenvalue weighted by Gasteiger charge is 2.11. The van der Waals surface area contributed by atoms with Gasteiger partial charge in [0.1, 0.15) is 6.07 Å². The summed E-state index contributed by atoms with van der Waals surface area (Å²) < 4.78 is 5.66. The first-order chi connectivity index (χ1) is 7.81. The Morgan fingerprint density at radius 1 is 1.00 bits per heavy atom. The zero-order chi connectivity index (χ0) is 11.1. The Kier molecular flexibility index (Phi) is 1.66. The first-order valence-corrected chi connectivity index (χ1v) is 4.91. The van der Waals surface area contributed by atoms with E-state index in [2.05, 4.69) is 6.07 Å². The standard InChI is InChI=1S/C13H8N2O/c14-7-8-3-1-4-9-10-5-2-6-11(15)13(10)16-12(8)9/h1-6H,15H2. The molecule has 0 saturated carbocycles. The summed E-state index contributed by atoms with van der Waals surface area (Å²) in [6, 6.07) is 13.2. The van der Waals surface area contributed by atoms with Gasteiger partial charge >= 0.3 is 0 Å². The topological polar surface area (TPSA) is 63.0 Å². The van der Waals surface area contributed by atoms with E-state index in [4.69, 9.17) is 15.4 Å². The van der Waals surface area contributed by atoms with E-state index in [9.17, 15) is 0 Å². The molecule has 16 heavy (non-hydrogen) atoms. The van der Waals surface area contributed by atoms with Crippen LogP contribution in [0.4, 0.5) is 5.69 Å². The predicted molar refractivity (Wildman–Crippen MR) is 62.8 cm³/mol. The number of nitrogens with zero attached hydrogens (tertiary/aromatic N) is 1. The lowest BCUT2D eigenvalue weighted by atomic mass is 10.1. The van der Waals surface area contributed by atoms with Gasteiger partial charge in [-0.3, -0.25) is 0 Å². The number of para-hydroxylation sites is 2. The van der Waals surface area contributed by atoms with Crippen LogP contribution in [-0.4, -0.2) is 0 Å². The molecular formula is C13H8N2O. The van der Waals surface area contributed by atoms with Gasteiger partial charge in [0.05, 0.1) is 11.3 Å². The van der Waals surface area contributed by atoms with Gasteiger partial charge in [0.15, 0.2) is 11.2 Å². The van der Waals surface area contributed by atoms with Crippen LogP contribution in [0.1, 0.15) is 5.56 Å². The second-order valence-electron chi connectivity index (χ2n) is 3.62. The van der Waals surface area contributed by atoms with Gasteiger partial charge in [-0.05, 0) is 12.1 Å². The molecule has 0 saturated heterocycles. The molecule has 2 N–H and O–H groups in total. The second kappa shape index (κ2) is 3.01. The Bertz CT molecular complexity index is 735. The van der Waals surface area contributed by atoms with Crippen LogP contribution in [0.25, 0.3) is 21.9 Å². The van der Waals surface area contributed by atoms with Gasteiger partial charge in [0, 0.05) is 10.8 Å². The molecule has 76 valence electrons. The molecule has 3 aromatic rings. The summed E-state index contributed by atoms with van der Waals surface area (Å²) in [6.45, 7) is 0. The van der Waals surface area contributed by atoms with Gasteiger partial charge in [-0.25, -0.2) is 0 Å². The zero-order valence-electron chi connectivity index (χ0n) is 8.40. The minimum absolute atomic E-state index is 0.535. The normalized spacial score (nSPS) is 10.7. The molecule has 1 heterocycles. The second-order valence-corrected chi connectivity index (χ2v) is 3.62. The maximum atomic E-state index is 8.99. The van der Waals surface area contributed by atoms with Gasteiger partial charge < -0.3 is 10.2 Å². The number of hydrogen-bond acceptors (Lipinski definition) is 3. The summed E-state index contributed by atoms with van der Waals surface area (Å²) in [7, 11) is 0. The van der Waals surface area contributed by atoms with Crippen LogP contribution >= 0.6 is 0 Å². The molecule has 0 fully saturated rings. The highest BCUT2D eigenvalue weighted by molar-refractivity contribution is 6.09. The number of benzene rings is 2. The summed E-state index contributed by atoms with van der Waals surface area (Å²) in [5.41, 5.74) is 8.23. The first-order valence-electron chi connectivity index (χ1n) is 4.91. The van der Waals surface area contributed by atoms with Crippen LogP contribution in [0.15, 0.2) is 40.8 Å². The van der Waals surface area contributed by atoms with Gasteiger partial charge in [-0.2, -0.15) is 5.26 Å². The number of anilines is 1. The van der Waals surface area contributed by atoms with E-state index < -0.39 is 0 Å². The Balaban J connectivity index is 2.61. The Morgan fingerprint density at radius 3 is 2.44 bits per heavy atom. The fraction of sp³-hybridized carbons (Fsp3) is 0. The largest absolute Gasteiger partial charge is 0.452 e. The van der Waals surface area contributed by atoms with Gasteiger partial charge in [0.25, 0.3) is 0 Å². The number of fused-ring (bicyclic) bond motifs is 3. The number of rotatable bonds is 0. The summed E-state index contributed by atoms with van der Waals surface area (Å²) in [4.78, 5) is 0. The van der Waals surface area contributed by atoms with Crippen molar-refractivity contribution in [2.24, 2.45) is 0 Å². The lowest BCUT2D eigenvalue weighted by Gasteiger charge is -1.91. The molecule has 0 amide bonds. The lowest BCUT2D eigenvalue weighted by molar-refractivity contribution is 0.669. The average molecular weight is 208 g/mol. The van der Waals surface area contributed by atoms with Crippen LogP contribution in [0, 0.1) is 11.3 Å². The van der Waals surface area contributed by atoms with Crippen molar-refractivity contribution in [1.29, 1.82) is 5.26 Å². The van der Waals surface area contributed by atoms with E-state index in [0.717, 1.165) is 10.8 Å². The van der Waals surface area contributed by atoms with E-state index >= 15 is 0 Å². The molecule has 3 nitrogen and oxygen atoms in total. The van der Waals surface area contributed by atoms with Crippen LogP contribution in [0.2, 0.25) is 0 Å². The van der Waals surface area contributed by atoms with E-state index in [1.165, 1.54) is 0 Å². The Labute approximate surface area is 91.7 Å². The molecule has 1 aromatic heterocycles. The summed E-state index contributed by atoms with van der Waals surface area (Å²) >= 11 is 0. The quantitative estimate of drug-likeness (QED) is 0.577. The molecule has 0 aliphatic rings. The molecule has 3 rings (SSSR count). The third-order valence-electron chi connectivity index (χ3n) is 2.68. The van der Waals surface area contributed by atoms with Crippen molar-refractivity contribution in [2.75, 3.05) is 5.73 Å². The Morgan fingerprint density at radius 2 is 1.69 bits per heavy atom. The fourth-order valence-corrected chi connectivity index (χ4v) is 1.93. The number of furan rings is 1. The monoisotopic (exact) mass is 208 g/mol. The molecule has 0 atom stereocenters. The molecule has 3 heteroatoms. The summed E-state index contributed by atoms with van der Waals surface area (Å²) in [6.07, 6.45) is 0. The molecule has 0 bridgehead atoms. The first kappa shape index (κ1) is 8.81. The molecule has 0 unspecified atom stereocenters. The van der Waals surface area contributed by atoms with Crippen LogP contribution in [0.3, 0.4) is 0 Å².